The largest absolute Gasteiger partial charge is 0.497 e. The summed E-state index contributed by atoms with van der Waals surface area (Å²) in [6.45, 7) is 3.50. The van der Waals surface area contributed by atoms with Crippen molar-refractivity contribution in [3.05, 3.63) is 47.5 Å². The molecule has 7 heteroatoms. The van der Waals surface area contributed by atoms with Crippen LogP contribution in [-0.4, -0.2) is 50.4 Å². The number of anilines is 2. The van der Waals surface area contributed by atoms with E-state index in [0.29, 0.717) is 15.9 Å². The maximum Gasteiger partial charge on any atom is 0.173 e. The summed E-state index contributed by atoms with van der Waals surface area (Å²) in [6.07, 6.45) is 0. The van der Waals surface area contributed by atoms with Gasteiger partial charge < -0.3 is 24.6 Å². The maximum atomic E-state index is 6.08. The molecule has 1 fully saturated rings. The number of nitrogens with zero attached hydrogens (tertiary/aromatic N) is 2. The monoisotopic (exact) mass is 391 g/mol. The molecular weight excluding hydrogens is 370 g/mol. The maximum absolute atomic E-state index is 6.08. The van der Waals surface area contributed by atoms with Crippen molar-refractivity contribution in [3.8, 4) is 11.5 Å². The molecule has 5 nitrogen and oxygen atoms in total. The quantitative estimate of drug-likeness (QED) is 0.797. The zero-order chi connectivity index (χ0) is 18.5. The lowest BCUT2D eigenvalue weighted by molar-refractivity contribution is 0.389. The fourth-order valence-corrected chi connectivity index (χ4v) is 3.40. The van der Waals surface area contributed by atoms with Crippen molar-refractivity contribution in [2.45, 2.75) is 0 Å². The molecule has 26 heavy (non-hydrogen) atoms. The smallest absolute Gasteiger partial charge is 0.173 e. The van der Waals surface area contributed by atoms with Gasteiger partial charge in [0.2, 0.25) is 0 Å². The van der Waals surface area contributed by atoms with Gasteiger partial charge in [-0.2, -0.15) is 0 Å². The van der Waals surface area contributed by atoms with Crippen molar-refractivity contribution >= 4 is 40.3 Å². The van der Waals surface area contributed by atoms with E-state index < -0.39 is 0 Å². The Morgan fingerprint density at radius 2 is 1.69 bits per heavy atom. The van der Waals surface area contributed by atoms with E-state index in [1.54, 1.807) is 20.3 Å². The molecule has 1 saturated heterocycles. The summed E-state index contributed by atoms with van der Waals surface area (Å²) >= 11 is 11.7. The molecule has 0 atom stereocenters. The summed E-state index contributed by atoms with van der Waals surface area (Å²) in [7, 11) is 3.31. The van der Waals surface area contributed by atoms with E-state index in [2.05, 4.69) is 27.2 Å². The second-order valence-corrected chi connectivity index (χ2v) is 6.77. The highest BCUT2D eigenvalue weighted by atomic mass is 35.5. The average molecular weight is 392 g/mol. The second-order valence-electron chi connectivity index (χ2n) is 5.95. The van der Waals surface area contributed by atoms with Crippen LogP contribution in [0.5, 0.6) is 11.5 Å². The zero-order valence-corrected chi connectivity index (χ0v) is 16.4. The molecular formula is C19H22ClN3O2S. The van der Waals surface area contributed by atoms with Crippen LogP contribution >= 0.6 is 23.8 Å². The van der Waals surface area contributed by atoms with Crippen molar-refractivity contribution in [2.24, 2.45) is 0 Å². The summed E-state index contributed by atoms with van der Waals surface area (Å²) in [5, 5.41) is 4.57. The number of hydrogen-bond donors (Lipinski definition) is 1. The number of ether oxygens (including phenoxy) is 2. The van der Waals surface area contributed by atoms with E-state index in [4.69, 9.17) is 33.3 Å². The van der Waals surface area contributed by atoms with E-state index in [9.17, 15) is 0 Å². The summed E-state index contributed by atoms with van der Waals surface area (Å²) in [5.74, 6) is 1.59. The third-order valence-corrected chi connectivity index (χ3v) is 5.00. The van der Waals surface area contributed by atoms with Gasteiger partial charge in [0.25, 0.3) is 0 Å². The van der Waals surface area contributed by atoms with Crippen LogP contribution in [-0.2, 0) is 0 Å². The topological polar surface area (TPSA) is 37.0 Å². The van der Waals surface area contributed by atoms with Crippen LogP contribution in [0.3, 0.4) is 0 Å². The Bertz CT molecular complexity index is 762. The van der Waals surface area contributed by atoms with Crippen molar-refractivity contribution in [3.63, 3.8) is 0 Å². The Morgan fingerprint density at radius 1 is 1.00 bits per heavy atom. The third kappa shape index (κ3) is 4.31. The van der Waals surface area contributed by atoms with Gasteiger partial charge in [-0.15, -0.1) is 0 Å². The van der Waals surface area contributed by atoms with Gasteiger partial charge in [0, 0.05) is 36.9 Å². The Hall–Kier alpha value is -2.18. The Balaban J connectivity index is 1.59. The van der Waals surface area contributed by atoms with Crippen LogP contribution in [0.25, 0.3) is 0 Å². The van der Waals surface area contributed by atoms with Gasteiger partial charge in [-0.1, -0.05) is 11.6 Å². The van der Waals surface area contributed by atoms with Gasteiger partial charge in [-0.3, -0.25) is 0 Å². The predicted octanol–water partition coefficient (Wildman–Crippen LogP) is 3.88. The number of nitrogens with one attached hydrogen (secondary N) is 1. The van der Waals surface area contributed by atoms with Crippen molar-refractivity contribution in [1.29, 1.82) is 0 Å². The standard InChI is InChI=1S/C19H22ClN3O2S/c1-24-16-6-4-15(5-7-16)22-9-11-23(12-10-22)19(26)21-17-13-14(20)3-8-18(17)25-2/h3-8,13H,9-12H2,1-2H3,(H,21,26). The molecule has 0 amide bonds. The first-order valence-electron chi connectivity index (χ1n) is 8.39. The third-order valence-electron chi connectivity index (χ3n) is 4.41. The molecule has 0 spiro atoms. The van der Waals surface area contributed by atoms with E-state index in [1.807, 2.05) is 24.3 Å². The van der Waals surface area contributed by atoms with Gasteiger partial charge in [0.15, 0.2) is 5.11 Å². The molecule has 1 aliphatic rings. The number of halogens is 1. The van der Waals surface area contributed by atoms with Crippen molar-refractivity contribution < 1.29 is 9.47 Å². The molecule has 0 saturated carbocycles. The van der Waals surface area contributed by atoms with E-state index in [1.165, 1.54) is 5.69 Å². The lowest BCUT2D eigenvalue weighted by atomic mass is 10.2. The molecule has 2 aromatic carbocycles. The van der Waals surface area contributed by atoms with Crippen LogP contribution in [0.15, 0.2) is 42.5 Å². The molecule has 0 aliphatic carbocycles. The SMILES string of the molecule is COc1ccc(N2CCN(C(=S)Nc3cc(Cl)ccc3OC)CC2)cc1. The minimum atomic E-state index is 0.639. The Labute approximate surface area is 164 Å². The average Bonchev–Trinajstić information content (AvgIpc) is 2.68. The minimum absolute atomic E-state index is 0.639. The normalized spacial score (nSPS) is 14.1. The molecule has 3 rings (SSSR count). The van der Waals surface area contributed by atoms with Gasteiger partial charge in [-0.05, 0) is 54.7 Å². The summed E-state index contributed by atoms with van der Waals surface area (Å²) in [4.78, 5) is 4.51. The molecule has 0 bridgehead atoms. The number of benzene rings is 2. The highest BCUT2D eigenvalue weighted by Crippen LogP contribution is 2.28. The predicted molar refractivity (Wildman–Crippen MR) is 111 cm³/mol. The number of methoxy groups -OCH3 is 2. The molecule has 1 N–H and O–H groups in total. The first-order chi connectivity index (χ1) is 12.6. The van der Waals surface area contributed by atoms with Crippen LogP contribution in [0.2, 0.25) is 5.02 Å². The number of piperazine rings is 1. The fraction of sp³-hybridized carbons (Fsp3) is 0.316. The van der Waals surface area contributed by atoms with E-state index in [-0.39, 0.29) is 0 Å². The fourth-order valence-electron chi connectivity index (χ4n) is 2.93. The molecule has 0 unspecified atom stereocenters. The van der Waals surface area contributed by atoms with Gasteiger partial charge in [0.1, 0.15) is 11.5 Å². The van der Waals surface area contributed by atoms with E-state index in [0.717, 1.165) is 37.6 Å². The molecule has 138 valence electrons. The van der Waals surface area contributed by atoms with Crippen molar-refractivity contribution in [1.82, 2.24) is 4.90 Å². The van der Waals surface area contributed by atoms with Gasteiger partial charge >= 0.3 is 0 Å². The number of thiocarbonyl (C=S) groups is 1. The molecule has 2 aromatic rings. The first-order valence-corrected chi connectivity index (χ1v) is 9.18. The van der Waals surface area contributed by atoms with E-state index >= 15 is 0 Å². The minimum Gasteiger partial charge on any atom is -0.497 e. The van der Waals surface area contributed by atoms with Gasteiger partial charge in [0.05, 0.1) is 19.9 Å². The van der Waals surface area contributed by atoms with Crippen LogP contribution in [0.1, 0.15) is 0 Å². The van der Waals surface area contributed by atoms with Crippen molar-refractivity contribution in [2.75, 3.05) is 50.6 Å². The molecule has 0 aromatic heterocycles. The second kappa shape index (κ2) is 8.47. The number of hydrogen-bond acceptors (Lipinski definition) is 4. The highest BCUT2D eigenvalue weighted by Gasteiger charge is 2.20. The molecule has 1 aliphatic heterocycles. The lowest BCUT2D eigenvalue weighted by Crippen LogP contribution is -2.50. The first kappa shape index (κ1) is 18.6. The Kier molecular flexibility index (Phi) is 6.06. The lowest BCUT2D eigenvalue weighted by Gasteiger charge is -2.37. The highest BCUT2D eigenvalue weighted by molar-refractivity contribution is 7.80. The van der Waals surface area contributed by atoms with Crippen LogP contribution in [0, 0.1) is 0 Å². The molecule has 0 radical (unpaired) electrons. The summed E-state index contributed by atoms with van der Waals surface area (Å²) in [5.41, 5.74) is 1.98. The number of rotatable bonds is 4. The summed E-state index contributed by atoms with van der Waals surface area (Å²) in [6, 6.07) is 13.6. The Morgan fingerprint density at radius 3 is 2.31 bits per heavy atom. The summed E-state index contributed by atoms with van der Waals surface area (Å²) < 4.78 is 10.6. The van der Waals surface area contributed by atoms with Crippen LogP contribution in [0.4, 0.5) is 11.4 Å². The molecule has 1 heterocycles. The zero-order valence-electron chi connectivity index (χ0n) is 14.9. The van der Waals surface area contributed by atoms with Crippen LogP contribution < -0.4 is 19.7 Å². The van der Waals surface area contributed by atoms with Gasteiger partial charge in [-0.25, -0.2) is 0 Å².